The quantitative estimate of drug-likeness (QED) is 0.374. The van der Waals surface area contributed by atoms with Gasteiger partial charge in [0, 0.05) is 12.2 Å². The van der Waals surface area contributed by atoms with Crippen molar-refractivity contribution in [3.8, 4) is 0 Å². The summed E-state index contributed by atoms with van der Waals surface area (Å²) in [6.45, 7) is 8.66. The van der Waals surface area contributed by atoms with Gasteiger partial charge in [-0.05, 0) is 81.8 Å². The highest BCUT2D eigenvalue weighted by molar-refractivity contribution is 7.18. The van der Waals surface area contributed by atoms with Crippen LogP contribution in [0.15, 0.2) is 36.4 Å². The van der Waals surface area contributed by atoms with Crippen LogP contribution >= 0.6 is 11.3 Å². The summed E-state index contributed by atoms with van der Waals surface area (Å²) in [5.41, 5.74) is 4.13. The molecule has 0 amide bonds. The predicted octanol–water partition coefficient (Wildman–Crippen LogP) is 6.06. The van der Waals surface area contributed by atoms with E-state index in [4.69, 9.17) is 0 Å². The summed E-state index contributed by atoms with van der Waals surface area (Å²) >= 11 is 1.67. The number of carbonyl (C=O) groups is 1. The lowest BCUT2D eigenvalue weighted by Gasteiger charge is -2.36. The summed E-state index contributed by atoms with van der Waals surface area (Å²) in [4.78, 5) is 18.3. The summed E-state index contributed by atoms with van der Waals surface area (Å²) in [7, 11) is 0. The summed E-state index contributed by atoms with van der Waals surface area (Å²) < 4.78 is 1.13. The molecule has 1 saturated heterocycles. The highest BCUT2D eigenvalue weighted by Gasteiger charge is 2.37. The topological polar surface area (TPSA) is 85.7 Å². The lowest BCUT2D eigenvalue weighted by atomic mass is 9.91. The third kappa shape index (κ3) is 5.14. The van der Waals surface area contributed by atoms with Crippen molar-refractivity contribution in [2.24, 2.45) is 0 Å². The molecule has 0 saturated carbocycles. The van der Waals surface area contributed by atoms with E-state index in [1.54, 1.807) is 11.3 Å². The van der Waals surface area contributed by atoms with Crippen LogP contribution in [-0.2, 0) is 4.79 Å². The monoisotopic (exact) mass is 467 g/mol. The van der Waals surface area contributed by atoms with Crippen molar-refractivity contribution < 1.29 is 15.0 Å². The predicted molar refractivity (Wildman–Crippen MR) is 136 cm³/mol. The number of thiazole rings is 1. The number of hydrogen-bond acceptors (Lipinski definition) is 6. The molecule has 2 aromatic carbocycles. The van der Waals surface area contributed by atoms with E-state index in [2.05, 4.69) is 33.4 Å². The van der Waals surface area contributed by atoms with Crippen LogP contribution in [0.4, 0.5) is 17.1 Å². The number of aryl methyl sites for hydroxylation is 1. The van der Waals surface area contributed by atoms with Gasteiger partial charge in [0.25, 0.3) is 0 Å². The molecule has 0 radical (unpaired) electrons. The van der Waals surface area contributed by atoms with E-state index >= 15 is 0 Å². The Balaban J connectivity index is 1.75. The fourth-order valence-corrected chi connectivity index (χ4v) is 5.80. The molecule has 1 aromatic heterocycles. The summed E-state index contributed by atoms with van der Waals surface area (Å²) in [5.74, 6) is -0.833. The van der Waals surface area contributed by atoms with Gasteiger partial charge in [-0.15, -0.1) is 11.3 Å². The number of anilines is 3. The fraction of sp³-hybridized carbons (Fsp3) is 0.462. The third-order valence-electron chi connectivity index (χ3n) is 6.56. The minimum absolute atomic E-state index is 0.0246. The first kappa shape index (κ1) is 23.5. The SMILES string of the molecule is CCC(CC(=O)O)c1ccc(N2CCC[C@H]2C(C)(C)O)c(Nc2ccc3nc(C)sc3c2)c1. The summed E-state index contributed by atoms with van der Waals surface area (Å²) in [6.07, 6.45) is 2.83. The van der Waals surface area contributed by atoms with Gasteiger partial charge in [0.15, 0.2) is 0 Å². The van der Waals surface area contributed by atoms with Crippen LogP contribution in [0.25, 0.3) is 10.2 Å². The van der Waals surface area contributed by atoms with Gasteiger partial charge >= 0.3 is 5.97 Å². The summed E-state index contributed by atoms with van der Waals surface area (Å²) in [6, 6.07) is 12.4. The van der Waals surface area contributed by atoms with E-state index in [1.165, 1.54) is 0 Å². The molecule has 4 rings (SSSR count). The van der Waals surface area contributed by atoms with E-state index in [9.17, 15) is 15.0 Å². The van der Waals surface area contributed by atoms with Gasteiger partial charge in [0.05, 0.1) is 44.7 Å². The molecule has 176 valence electrons. The Bertz CT molecular complexity index is 1150. The second-order valence-electron chi connectivity index (χ2n) is 9.53. The number of carboxylic acid groups (broad SMARTS) is 1. The summed E-state index contributed by atoms with van der Waals surface area (Å²) in [5, 5.41) is 24.8. The highest BCUT2D eigenvalue weighted by atomic mass is 32.1. The third-order valence-corrected chi connectivity index (χ3v) is 7.49. The molecule has 7 heteroatoms. The molecule has 1 unspecified atom stereocenters. The maximum absolute atomic E-state index is 11.4. The molecule has 2 heterocycles. The molecule has 1 aliphatic rings. The van der Waals surface area contributed by atoms with Crippen LogP contribution in [0, 0.1) is 6.92 Å². The molecular formula is C26H33N3O3S. The van der Waals surface area contributed by atoms with Crippen molar-refractivity contribution in [1.29, 1.82) is 0 Å². The van der Waals surface area contributed by atoms with E-state index in [-0.39, 0.29) is 18.4 Å². The average Bonchev–Trinajstić information content (AvgIpc) is 3.37. The number of nitrogens with zero attached hydrogens (tertiary/aromatic N) is 2. The van der Waals surface area contributed by atoms with Gasteiger partial charge in [-0.2, -0.15) is 0 Å². The standard InChI is InChI=1S/C26H33N3O3S/c1-5-17(14-25(30)31)18-8-11-22(29-12-6-7-24(29)26(3,4)32)21(13-18)28-19-9-10-20-23(15-19)33-16(2)27-20/h8-11,13,15,17,24,28,32H,5-7,12,14H2,1-4H3,(H,30,31)/t17?,24-/m0/s1. The molecule has 33 heavy (non-hydrogen) atoms. The maximum atomic E-state index is 11.4. The van der Waals surface area contributed by atoms with E-state index < -0.39 is 11.6 Å². The van der Waals surface area contributed by atoms with E-state index in [1.807, 2.05) is 45.9 Å². The number of hydrogen-bond donors (Lipinski definition) is 3. The number of nitrogens with one attached hydrogen (secondary N) is 1. The minimum Gasteiger partial charge on any atom is -0.481 e. The van der Waals surface area contributed by atoms with Crippen LogP contribution < -0.4 is 10.2 Å². The van der Waals surface area contributed by atoms with Crippen molar-refractivity contribution >= 4 is 44.6 Å². The molecule has 0 aliphatic carbocycles. The molecule has 0 bridgehead atoms. The average molecular weight is 468 g/mol. The second-order valence-corrected chi connectivity index (χ2v) is 10.8. The lowest BCUT2D eigenvalue weighted by Crippen LogP contribution is -2.46. The zero-order valence-corrected chi connectivity index (χ0v) is 20.6. The van der Waals surface area contributed by atoms with Crippen LogP contribution in [0.2, 0.25) is 0 Å². The zero-order valence-electron chi connectivity index (χ0n) is 19.8. The van der Waals surface area contributed by atoms with E-state index in [0.29, 0.717) is 0 Å². The molecule has 6 nitrogen and oxygen atoms in total. The number of aliphatic carboxylic acids is 1. The van der Waals surface area contributed by atoms with Crippen LogP contribution in [-0.4, -0.2) is 39.4 Å². The number of carboxylic acids is 1. The Kier molecular flexibility index (Phi) is 6.64. The lowest BCUT2D eigenvalue weighted by molar-refractivity contribution is -0.137. The normalized spacial score (nSPS) is 17.5. The Hall–Kier alpha value is -2.64. The van der Waals surface area contributed by atoms with Crippen molar-refractivity contribution in [2.75, 3.05) is 16.8 Å². The Morgan fingerprint density at radius 2 is 2.09 bits per heavy atom. The number of aliphatic hydroxyl groups is 1. The smallest absolute Gasteiger partial charge is 0.303 e. The van der Waals surface area contributed by atoms with Gasteiger partial charge in [0.1, 0.15) is 0 Å². The van der Waals surface area contributed by atoms with Crippen LogP contribution in [0.5, 0.6) is 0 Å². The minimum atomic E-state index is -0.819. The van der Waals surface area contributed by atoms with Gasteiger partial charge in [0.2, 0.25) is 0 Å². The largest absolute Gasteiger partial charge is 0.481 e. The first-order valence-electron chi connectivity index (χ1n) is 11.6. The van der Waals surface area contributed by atoms with Gasteiger partial charge in [-0.25, -0.2) is 4.98 Å². The first-order chi connectivity index (χ1) is 15.7. The fourth-order valence-electron chi connectivity index (χ4n) is 4.93. The molecule has 1 fully saturated rings. The van der Waals surface area contributed by atoms with E-state index in [0.717, 1.165) is 63.7 Å². The molecule has 2 atom stereocenters. The second kappa shape index (κ2) is 9.31. The highest BCUT2D eigenvalue weighted by Crippen LogP contribution is 2.40. The molecule has 3 aromatic rings. The zero-order chi connectivity index (χ0) is 23.8. The van der Waals surface area contributed by atoms with Crippen LogP contribution in [0.3, 0.4) is 0 Å². The maximum Gasteiger partial charge on any atom is 0.303 e. The number of benzene rings is 2. The number of aromatic nitrogens is 1. The van der Waals surface area contributed by atoms with Crippen molar-refractivity contribution in [3.63, 3.8) is 0 Å². The van der Waals surface area contributed by atoms with Crippen molar-refractivity contribution in [3.05, 3.63) is 47.0 Å². The Morgan fingerprint density at radius 1 is 1.30 bits per heavy atom. The number of rotatable bonds is 8. The Labute approximate surface area is 199 Å². The molecule has 0 spiro atoms. The van der Waals surface area contributed by atoms with Crippen molar-refractivity contribution in [2.45, 2.75) is 70.9 Å². The first-order valence-corrected chi connectivity index (χ1v) is 12.5. The van der Waals surface area contributed by atoms with Crippen molar-refractivity contribution in [1.82, 2.24) is 4.98 Å². The molecular weight excluding hydrogens is 434 g/mol. The van der Waals surface area contributed by atoms with Gasteiger partial charge in [-0.1, -0.05) is 13.0 Å². The molecule has 1 aliphatic heterocycles. The van der Waals surface area contributed by atoms with Gasteiger partial charge < -0.3 is 20.4 Å². The van der Waals surface area contributed by atoms with Gasteiger partial charge in [-0.3, -0.25) is 4.79 Å². The number of fused-ring (bicyclic) bond motifs is 1. The van der Waals surface area contributed by atoms with Crippen LogP contribution in [0.1, 0.15) is 62.9 Å². The molecule has 3 N–H and O–H groups in total. The Morgan fingerprint density at radius 3 is 2.79 bits per heavy atom.